The smallest absolute Gasteiger partial charge is 0.270 e. The Morgan fingerprint density at radius 1 is 0.556 bits per heavy atom. The molecule has 0 saturated heterocycles. The molecule has 0 bridgehead atoms. The van der Waals surface area contributed by atoms with Gasteiger partial charge in [0.05, 0.1) is 13.1 Å². The lowest BCUT2D eigenvalue weighted by Gasteiger charge is -2.22. The third kappa shape index (κ3) is 16.2. The van der Waals surface area contributed by atoms with Gasteiger partial charge in [-0.1, -0.05) is 113 Å². The monoisotopic (exact) mass is 1130 g/mol. The molecule has 2 aromatic heterocycles. The van der Waals surface area contributed by atoms with E-state index in [0.717, 1.165) is 84.8 Å². The molecule has 81 heavy (non-hydrogen) atoms. The summed E-state index contributed by atoms with van der Waals surface area (Å²) in [6, 6.07) is 46.9. The molecule has 2 N–H and O–H groups in total. The summed E-state index contributed by atoms with van der Waals surface area (Å²) in [4.78, 5) is 40.2. The maximum atomic E-state index is 13.2. The third-order valence-electron chi connectivity index (χ3n) is 13.8. The molecule has 2 amide bonds. The predicted octanol–water partition coefficient (Wildman–Crippen LogP) is 13.3. The van der Waals surface area contributed by atoms with Crippen molar-refractivity contribution in [1.29, 1.82) is 0 Å². The van der Waals surface area contributed by atoms with Crippen LogP contribution in [0, 0.1) is 11.8 Å². The molecule has 4 heterocycles. The summed E-state index contributed by atoms with van der Waals surface area (Å²) in [5.41, 5.74) is 8.23. The van der Waals surface area contributed by atoms with Crippen LogP contribution in [-0.4, -0.2) is 51.0 Å². The normalized spacial score (nSPS) is 13.8. The number of hydrogen-bond donors (Lipinski definition) is 2. The van der Waals surface area contributed by atoms with Crippen molar-refractivity contribution in [3.63, 3.8) is 0 Å². The summed E-state index contributed by atoms with van der Waals surface area (Å²) >= 11 is 3.00. The SMILES string of the molecule is CC(C)CCNC(=O)c1csc(CN(Cc2ccc(OCc3cccc(C4Oc5ccc(CN(Cc6ccc(OCc7ccccc7)cc6)Cc6nc(C(=O)NC(C)CC(C)C)cs6)cc5O4)c3)cc2)Cc2ccc3c(c2)OCO3)n1. The molecule has 6 aromatic carbocycles. The van der Waals surface area contributed by atoms with Gasteiger partial charge in [-0.05, 0) is 120 Å². The fourth-order valence-corrected chi connectivity index (χ4v) is 11.4. The molecule has 2 aliphatic heterocycles. The predicted molar refractivity (Wildman–Crippen MR) is 316 cm³/mol. The lowest BCUT2D eigenvalue weighted by atomic mass is 10.1. The molecule has 10 rings (SSSR count). The van der Waals surface area contributed by atoms with E-state index in [-0.39, 0.29) is 24.6 Å². The zero-order valence-electron chi connectivity index (χ0n) is 46.6. The Morgan fingerprint density at radius 3 is 1.73 bits per heavy atom. The van der Waals surface area contributed by atoms with Crippen LogP contribution in [0.3, 0.4) is 0 Å². The first kappa shape index (κ1) is 56.5. The Morgan fingerprint density at radius 2 is 1.10 bits per heavy atom. The number of amides is 2. The Kier molecular flexibility index (Phi) is 18.9. The lowest BCUT2D eigenvalue weighted by Crippen LogP contribution is -2.33. The van der Waals surface area contributed by atoms with Crippen LogP contribution in [0.2, 0.25) is 0 Å². The number of ether oxygens (including phenoxy) is 6. The summed E-state index contributed by atoms with van der Waals surface area (Å²) in [6.07, 6.45) is 1.19. The van der Waals surface area contributed by atoms with Crippen molar-refractivity contribution in [2.75, 3.05) is 13.3 Å². The number of nitrogens with one attached hydrogen (secondary N) is 2. The standard InChI is InChI=1S/C65H70N6O8S2/c1-43(2)26-27-66-63(72)55-40-80-61(68-55)36-70(34-49-18-24-57-59(30-49)77-42-76-57)32-47-16-22-54(23-17-47)75-39-51-12-9-13-52(29-51)65-78-58-25-19-50(31-60(58)79-65)35-71(37-62-69-56(41-81-62)64(73)67-45(5)28-44(3)4)33-46-14-20-53(21-15-46)74-38-48-10-7-6-8-11-48/h6-25,29-31,40-41,43-45,65H,26-28,32-39,42H2,1-5H3,(H,66,72)(H,67,73). The Balaban J connectivity index is 0.759. The highest BCUT2D eigenvalue weighted by Gasteiger charge is 2.27. The fraction of sp³-hybridized carbons (Fsp3) is 0.323. The average Bonchev–Trinajstić information content (AvgIpc) is 4.32. The van der Waals surface area contributed by atoms with Crippen molar-refractivity contribution in [3.05, 3.63) is 211 Å². The van der Waals surface area contributed by atoms with E-state index in [2.05, 4.69) is 109 Å². The van der Waals surface area contributed by atoms with Gasteiger partial charge in [-0.15, -0.1) is 22.7 Å². The molecule has 0 radical (unpaired) electrons. The molecule has 0 aliphatic carbocycles. The number of carbonyl (C=O) groups excluding carboxylic acids is 2. The number of fused-ring (bicyclic) bond motifs is 2. The summed E-state index contributed by atoms with van der Waals surface area (Å²) in [5.74, 6) is 5.09. The minimum absolute atomic E-state index is 0.0575. The van der Waals surface area contributed by atoms with Crippen LogP contribution in [0.1, 0.15) is 124 Å². The van der Waals surface area contributed by atoms with Gasteiger partial charge in [0.15, 0.2) is 23.0 Å². The van der Waals surface area contributed by atoms with Crippen LogP contribution in [0.5, 0.6) is 34.5 Å². The molecule has 2 aliphatic rings. The Labute approximate surface area is 483 Å². The van der Waals surface area contributed by atoms with Crippen molar-refractivity contribution >= 4 is 34.5 Å². The van der Waals surface area contributed by atoms with E-state index in [9.17, 15) is 9.59 Å². The van der Waals surface area contributed by atoms with Gasteiger partial charge in [-0.3, -0.25) is 19.4 Å². The van der Waals surface area contributed by atoms with E-state index < -0.39 is 6.29 Å². The van der Waals surface area contributed by atoms with E-state index in [1.807, 2.05) is 96.5 Å². The molecule has 0 spiro atoms. The maximum Gasteiger partial charge on any atom is 0.270 e. The number of carbonyl (C=O) groups is 2. The molecule has 0 fully saturated rings. The van der Waals surface area contributed by atoms with Crippen LogP contribution in [0.15, 0.2) is 150 Å². The van der Waals surface area contributed by atoms with Crippen LogP contribution in [0.4, 0.5) is 0 Å². The first-order chi connectivity index (χ1) is 39.4. The summed E-state index contributed by atoms with van der Waals surface area (Å²) < 4.78 is 36.6. The molecule has 0 saturated carbocycles. The van der Waals surface area contributed by atoms with E-state index in [0.29, 0.717) is 93.7 Å². The summed E-state index contributed by atoms with van der Waals surface area (Å²) in [5, 5.41) is 11.5. The van der Waals surface area contributed by atoms with Gasteiger partial charge >= 0.3 is 0 Å². The van der Waals surface area contributed by atoms with Crippen LogP contribution in [-0.2, 0) is 52.5 Å². The van der Waals surface area contributed by atoms with E-state index in [1.54, 1.807) is 0 Å². The zero-order chi connectivity index (χ0) is 56.1. The van der Waals surface area contributed by atoms with Gasteiger partial charge in [-0.25, -0.2) is 9.97 Å². The number of hydrogen-bond acceptors (Lipinski definition) is 14. The van der Waals surface area contributed by atoms with Gasteiger partial charge in [0.1, 0.15) is 46.1 Å². The summed E-state index contributed by atoms with van der Waals surface area (Å²) in [6.45, 7) is 15.9. The van der Waals surface area contributed by atoms with Gasteiger partial charge in [0.25, 0.3) is 18.1 Å². The number of nitrogens with zero attached hydrogens (tertiary/aromatic N) is 4. The van der Waals surface area contributed by atoms with Gasteiger partial charge in [0, 0.05) is 55.1 Å². The second kappa shape index (κ2) is 27.1. The topological polar surface area (TPSA) is 146 Å². The third-order valence-corrected chi connectivity index (χ3v) is 15.4. The van der Waals surface area contributed by atoms with Crippen molar-refractivity contribution < 1.29 is 38.0 Å². The first-order valence-electron chi connectivity index (χ1n) is 27.7. The highest BCUT2D eigenvalue weighted by atomic mass is 32.1. The molecule has 14 nitrogen and oxygen atoms in total. The number of rotatable bonds is 27. The molecule has 2 atom stereocenters. The molecule has 2 unspecified atom stereocenters. The van der Waals surface area contributed by atoms with Crippen molar-refractivity contribution in [3.8, 4) is 34.5 Å². The highest BCUT2D eigenvalue weighted by molar-refractivity contribution is 7.10. The largest absolute Gasteiger partial charge is 0.489 e. The molecular weight excluding hydrogens is 1060 g/mol. The van der Waals surface area contributed by atoms with Crippen LogP contribution < -0.4 is 39.1 Å². The van der Waals surface area contributed by atoms with Crippen LogP contribution >= 0.6 is 22.7 Å². The first-order valence-corrected chi connectivity index (χ1v) is 29.5. The Hall–Kier alpha value is -7.76. The second-order valence-electron chi connectivity index (χ2n) is 21.6. The van der Waals surface area contributed by atoms with Crippen LogP contribution in [0.25, 0.3) is 0 Å². The van der Waals surface area contributed by atoms with E-state index in [1.165, 1.54) is 22.7 Å². The average molecular weight is 1130 g/mol. The number of benzene rings is 6. The van der Waals surface area contributed by atoms with Gasteiger partial charge in [0.2, 0.25) is 6.79 Å². The fourth-order valence-electron chi connectivity index (χ4n) is 9.74. The second-order valence-corrected chi connectivity index (χ2v) is 23.5. The lowest BCUT2D eigenvalue weighted by molar-refractivity contribution is 0.0485. The van der Waals surface area contributed by atoms with E-state index >= 15 is 0 Å². The molecule has 16 heteroatoms. The summed E-state index contributed by atoms with van der Waals surface area (Å²) in [7, 11) is 0. The molecule has 8 aromatic rings. The van der Waals surface area contributed by atoms with Crippen molar-refractivity contribution in [1.82, 2.24) is 30.4 Å². The van der Waals surface area contributed by atoms with Crippen molar-refractivity contribution in [2.45, 2.75) is 112 Å². The minimum Gasteiger partial charge on any atom is -0.489 e. The minimum atomic E-state index is -0.625. The molecule has 420 valence electrons. The quantitative estimate of drug-likeness (QED) is 0.0505. The molecular formula is C65H70N6O8S2. The highest BCUT2D eigenvalue weighted by Crippen LogP contribution is 2.42. The Bertz CT molecular complexity index is 3350. The number of aromatic nitrogens is 2. The van der Waals surface area contributed by atoms with E-state index in [4.69, 9.17) is 38.4 Å². The van der Waals surface area contributed by atoms with Crippen molar-refractivity contribution in [2.24, 2.45) is 11.8 Å². The maximum absolute atomic E-state index is 13.2. The number of thiazole rings is 2. The van der Waals surface area contributed by atoms with Gasteiger partial charge < -0.3 is 39.1 Å². The zero-order valence-corrected chi connectivity index (χ0v) is 48.2. The van der Waals surface area contributed by atoms with Gasteiger partial charge in [-0.2, -0.15) is 0 Å².